The Labute approximate surface area is 195 Å². The fraction of sp³-hybridized carbons (Fsp3) is 0.130. The zero-order chi connectivity index (χ0) is 21.3. The van der Waals surface area contributed by atoms with E-state index in [0.29, 0.717) is 28.2 Å². The van der Waals surface area contributed by atoms with Crippen molar-refractivity contribution < 1.29 is 14.2 Å². The SMILES string of the molecule is ClC(Cl)=CCOc1cc(Cl)c(OCc2cccc(OCc3ccccc3)c2)c(Cl)c1. The van der Waals surface area contributed by atoms with Crippen LogP contribution in [0.2, 0.25) is 10.0 Å². The second-order valence-electron chi connectivity index (χ2n) is 6.23. The molecule has 0 bridgehead atoms. The first-order valence-corrected chi connectivity index (χ1v) is 10.5. The molecule has 7 heteroatoms. The van der Waals surface area contributed by atoms with Crippen molar-refractivity contribution in [2.24, 2.45) is 0 Å². The van der Waals surface area contributed by atoms with Gasteiger partial charge in [0.2, 0.25) is 0 Å². The van der Waals surface area contributed by atoms with Crippen LogP contribution in [-0.2, 0) is 13.2 Å². The van der Waals surface area contributed by atoms with Crippen LogP contribution in [0.4, 0.5) is 0 Å². The molecule has 0 radical (unpaired) electrons. The third-order valence-electron chi connectivity index (χ3n) is 3.99. The maximum Gasteiger partial charge on any atom is 0.157 e. The van der Waals surface area contributed by atoms with Crippen molar-refractivity contribution in [1.82, 2.24) is 0 Å². The van der Waals surface area contributed by atoms with E-state index in [4.69, 9.17) is 60.6 Å². The third-order valence-corrected chi connectivity index (χ3v) is 4.86. The quantitative estimate of drug-likeness (QED) is 0.310. The highest BCUT2D eigenvalue weighted by Crippen LogP contribution is 2.37. The highest BCUT2D eigenvalue weighted by atomic mass is 35.5. The molecule has 0 aliphatic rings. The van der Waals surface area contributed by atoms with Gasteiger partial charge in [0.25, 0.3) is 0 Å². The van der Waals surface area contributed by atoms with Crippen molar-refractivity contribution in [2.45, 2.75) is 13.2 Å². The van der Waals surface area contributed by atoms with E-state index < -0.39 is 0 Å². The van der Waals surface area contributed by atoms with Gasteiger partial charge in [-0.1, -0.05) is 88.9 Å². The predicted octanol–water partition coefficient (Wildman–Crippen LogP) is 7.85. The van der Waals surface area contributed by atoms with Crippen LogP contribution in [-0.4, -0.2) is 6.61 Å². The molecule has 0 N–H and O–H groups in total. The van der Waals surface area contributed by atoms with Crippen molar-refractivity contribution in [3.8, 4) is 17.2 Å². The molecule has 0 unspecified atom stereocenters. The molecule has 0 heterocycles. The molecule has 3 aromatic rings. The number of rotatable bonds is 9. The fourth-order valence-electron chi connectivity index (χ4n) is 2.58. The summed E-state index contributed by atoms with van der Waals surface area (Å²) in [5.41, 5.74) is 2.03. The van der Waals surface area contributed by atoms with Crippen molar-refractivity contribution in [1.29, 1.82) is 0 Å². The largest absolute Gasteiger partial charge is 0.489 e. The van der Waals surface area contributed by atoms with Gasteiger partial charge < -0.3 is 14.2 Å². The van der Waals surface area contributed by atoms with Gasteiger partial charge in [-0.3, -0.25) is 0 Å². The molecule has 0 saturated carbocycles. The van der Waals surface area contributed by atoms with Crippen LogP contribution < -0.4 is 14.2 Å². The highest BCUT2D eigenvalue weighted by Gasteiger charge is 2.11. The lowest BCUT2D eigenvalue weighted by atomic mass is 10.2. The molecule has 3 aromatic carbocycles. The second-order valence-corrected chi connectivity index (χ2v) is 8.05. The summed E-state index contributed by atoms with van der Waals surface area (Å²) in [4.78, 5) is 0. The molecule has 0 aliphatic heterocycles. The Morgan fingerprint density at radius 1 is 0.700 bits per heavy atom. The summed E-state index contributed by atoms with van der Waals surface area (Å²) in [6.45, 7) is 0.978. The van der Waals surface area contributed by atoms with Gasteiger partial charge in [-0.25, -0.2) is 0 Å². The molecule has 0 fully saturated rings. The maximum atomic E-state index is 6.31. The molecule has 156 valence electrons. The van der Waals surface area contributed by atoms with Crippen molar-refractivity contribution in [3.05, 3.63) is 98.5 Å². The van der Waals surface area contributed by atoms with E-state index in [-0.39, 0.29) is 17.7 Å². The van der Waals surface area contributed by atoms with Gasteiger partial charge in [0.05, 0.1) is 10.0 Å². The fourth-order valence-corrected chi connectivity index (χ4v) is 3.28. The summed E-state index contributed by atoms with van der Waals surface area (Å²) < 4.78 is 17.3. The molecule has 0 amide bonds. The van der Waals surface area contributed by atoms with Gasteiger partial charge in [-0.2, -0.15) is 0 Å². The lowest BCUT2D eigenvalue weighted by molar-refractivity contribution is 0.295. The Bertz CT molecular complexity index is 979. The summed E-state index contributed by atoms with van der Waals surface area (Å²) in [6.07, 6.45) is 1.52. The zero-order valence-corrected chi connectivity index (χ0v) is 18.8. The molecule has 0 aromatic heterocycles. The summed E-state index contributed by atoms with van der Waals surface area (Å²) in [6, 6.07) is 20.9. The van der Waals surface area contributed by atoms with Crippen LogP contribution in [0.1, 0.15) is 11.1 Å². The molecule has 3 rings (SSSR count). The molecular weight excluding hydrogens is 466 g/mol. The monoisotopic (exact) mass is 482 g/mol. The summed E-state index contributed by atoms with van der Waals surface area (Å²) >= 11 is 23.7. The van der Waals surface area contributed by atoms with Crippen molar-refractivity contribution in [3.63, 3.8) is 0 Å². The maximum absolute atomic E-state index is 6.31. The zero-order valence-electron chi connectivity index (χ0n) is 15.8. The first-order valence-electron chi connectivity index (χ1n) is 9.03. The smallest absolute Gasteiger partial charge is 0.157 e. The lowest BCUT2D eigenvalue weighted by Gasteiger charge is -2.13. The Kier molecular flexibility index (Phi) is 8.59. The Morgan fingerprint density at radius 3 is 2.07 bits per heavy atom. The molecular formula is C23H18Cl4O3. The van der Waals surface area contributed by atoms with E-state index in [1.807, 2.05) is 54.6 Å². The first-order chi connectivity index (χ1) is 14.5. The van der Waals surface area contributed by atoms with Crippen LogP contribution >= 0.6 is 46.4 Å². The number of benzene rings is 3. The Hall–Kier alpha value is -2.04. The van der Waals surface area contributed by atoms with Crippen LogP contribution in [0.25, 0.3) is 0 Å². The van der Waals surface area contributed by atoms with E-state index in [2.05, 4.69) is 0 Å². The van der Waals surface area contributed by atoms with Crippen LogP contribution in [0.15, 0.2) is 77.3 Å². The minimum atomic E-state index is 0.127. The van der Waals surface area contributed by atoms with Gasteiger partial charge in [-0.15, -0.1) is 0 Å². The second kappa shape index (κ2) is 11.4. The average molecular weight is 484 g/mol. The van der Waals surface area contributed by atoms with E-state index in [0.717, 1.165) is 16.9 Å². The minimum absolute atomic E-state index is 0.127. The normalized spacial score (nSPS) is 10.4. The van der Waals surface area contributed by atoms with Crippen LogP contribution in [0.5, 0.6) is 17.2 Å². The van der Waals surface area contributed by atoms with E-state index in [1.54, 1.807) is 12.1 Å². The van der Waals surface area contributed by atoms with Gasteiger partial charge >= 0.3 is 0 Å². The lowest BCUT2D eigenvalue weighted by Crippen LogP contribution is -2.00. The molecule has 0 atom stereocenters. The summed E-state index contributed by atoms with van der Waals surface area (Å²) in [5, 5.41) is 0.685. The molecule has 3 nitrogen and oxygen atoms in total. The van der Waals surface area contributed by atoms with Gasteiger partial charge in [0.15, 0.2) is 5.75 Å². The van der Waals surface area contributed by atoms with Gasteiger partial charge in [0, 0.05) is 12.1 Å². The van der Waals surface area contributed by atoms with Crippen molar-refractivity contribution in [2.75, 3.05) is 6.61 Å². The predicted molar refractivity (Wildman–Crippen MR) is 123 cm³/mol. The number of ether oxygens (including phenoxy) is 3. The topological polar surface area (TPSA) is 27.7 Å². The van der Waals surface area contributed by atoms with Crippen molar-refractivity contribution >= 4 is 46.4 Å². The first kappa shape index (κ1) is 22.6. The molecule has 0 saturated heterocycles. The van der Waals surface area contributed by atoms with E-state index in [1.165, 1.54) is 6.08 Å². The van der Waals surface area contributed by atoms with Crippen LogP contribution in [0.3, 0.4) is 0 Å². The Morgan fingerprint density at radius 2 is 1.37 bits per heavy atom. The molecule has 30 heavy (non-hydrogen) atoms. The third kappa shape index (κ3) is 7.03. The minimum Gasteiger partial charge on any atom is -0.489 e. The van der Waals surface area contributed by atoms with Gasteiger partial charge in [0.1, 0.15) is 35.8 Å². The molecule has 0 aliphatic carbocycles. The van der Waals surface area contributed by atoms with Gasteiger partial charge in [-0.05, 0) is 29.3 Å². The average Bonchev–Trinajstić information content (AvgIpc) is 2.72. The summed E-state index contributed by atoms with van der Waals surface area (Å²) in [5.74, 6) is 1.62. The van der Waals surface area contributed by atoms with E-state index >= 15 is 0 Å². The standard InChI is InChI=1S/C23H18Cl4O3/c24-20-12-19(28-10-9-22(26)27)13-21(25)23(20)30-15-17-7-4-8-18(11-17)29-14-16-5-2-1-3-6-16/h1-9,11-13H,10,14-15H2. The van der Waals surface area contributed by atoms with E-state index in [9.17, 15) is 0 Å². The molecule has 0 spiro atoms. The highest BCUT2D eigenvalue weighted by molar-refractivity contribution is 6.55. The van der Waals surface area contributed by atoms with Crippen LogP contribution in [0, 0.1) is 0 Å². The number of hydrogen-bond donors (Lipinski definition) is 0. The number of hydrogen-bond acceptors (Lipinski definition) is 3. The number of halogens is 4. The Balaban J connectivity index is 1.60. The summed E-state index contributed by atoms with van der Waals surface area (Å²) in [7, 11) is 0.